The van der Waals surface area contributed by atoms with Crippen molar-refractivity contribution >= 4 is 11.9 Å². The van der Waals surface area contributed by atoms with Gasteiger partial charge < -0.3 is 16.2 Å². The van der Waals surface area contributed by atoms with Gasteiger partial charge in [0.25, 0.3) is 0 Å². The third-order valence-electron chi connectivity index (χ3n) is 3.84. The van der Waals surface area contributed by atoms with Gasteiger partial charge in [-0.15, -0.1) is 0 Å². The normalized spacial score (nSPS) is 19.4. The first-order valence-electron chi connectivity index (χ1n) is 6.73. The first kappa shape index (κ1) is 15.0. The SMILES string of the molecule is CC(CCCC(=O)O)NC(=O)C1(CN)CCCC1. The molecule has 1 saturated carbocycles. The largest absolute Gasteiger partial charge is 0.481 e. The van der Waals surface area contributed by atoms with Crippen LogP contribution >= 0.6 is 0 Å². The van der Waals surface area contributed by atoms with Crippen molar-refractivity contribution < 1.29 is 14.7 Å². The summed E-state index contributed by atoms with van der Waals surface area (Å²) in [5.74, 6) is -0.743. The number of amides is 1. The molecule has 0 bridgehead atoms. The van der Waals surface area contributed by atoms with Gasteiger partial charge in [0.05, 0.1) is 5.41 Å². The molecule has 104 valence electrons. The number of rotatable bonds is 7. The Balaban J connectivity index is 2.36. The van der Waals surface area contributed by atoms with Gasteiger partial charge in [-0.05, 0) is 32.6 Å². The molecule has 5 heteroatoms. The monoisotopic (exact) mass is 256 g/mol. The lowest BCUT2D eigenvalue weighted by Gasteiger charge is -2.27. The molecule has 1 amide bonds. The van der Waals surface area contributed by atoms with Gasteiger partial charge in [-0.25, -0.2) is 0 Å². The van der Waals surface area contributed by atoms with Crippen LogP contribution in [0.2, 0.25) is 0 Å². The third kappa shape index (κ3) is 3.98. The Morgan fingerprint density at radius 3 is 2.50 bits per heavy atom. The van der Waals surface area contributed by atoms with Crippen molar-refractivity contribution in [2.45, 2.75) is 57.9 Å². The Bertz CT molecular complexity index is 299. The van der Waals surface area contributed by atoms with Crippen molar-refractivity contribution in [1.82, 2.24) is 5.32 Å². The average Bonchev–Trinajstić information content (AvgIpc) is 2.78. The molecule has 4 N–H and O–H groups in total. The summed E-state index contributed by atoms with van der Waals surface area (Å²) in [4.78, 5) is 22.6. The lowest BCUT2D eigenvalue weighted by molar-refractivity contribution is -0.137. The van der Waals surface area contributed by atoms with E-state index in [9.17, 15) is 9.59 Å². The highest BCUT2D eigenvalue weighted by Crippen LogP contribution is 2.37. The second-order valence-electron chi connectivity index (χ2n) is 5.35. The quantitative estimate of drug-likeness (QED) is 0.639. The van der Waals surface area contributed by atoms with E-state index in [0.717, 1.165) is 25.7 Å². The molecule has 0 radical (unpaired) electrons. The summed E-state index contributed by atoms with van der Waals surface area (Å²) in [6, 6.07) is 0.0147. The van der Waals surface area contributed by atoms with Crippen LogP contribution in [-0.2, 0) is 9.59 Å². The Morgan fingerprint density at radius 1 is 1.39 bits per heavy atom. The predicted molar refractivity (Wildman–Crippen MR) is 69.0 cm³/mol. The van der Waals surface area contributed by atoms with Crippen LogP contribution in [-0.4, -0.2) is 29.6 Å². The standard InChI is InChI=1S/C13H24N2O3/c1-10(5-4-6-11(16)17)15-12(18)13(9-14)7-2-3-8-13/h10H,2-9,14H2,1H3,(H,15,18)(H,16,17). The average molecular weight is 256 g/mol. The highest BCUT2D eigenvalue weighted by Gasteiger charge is 2.39. The molecule has 0 aromatic rings. The smallest absolute Gasteiger partial charge is 0.303 e. The zero-order chi connectivity index (χ0) is 13.6. The molecular formula is C13H24N2O3. The van der Waals surface area contributed by atoms with Crippen molar-refractivity contribution in [2.24, 2.45) is 11.1 Å². The molecule has 0 saturated heterocycles. The van der Waals surface area contributed by atoms with Crippen LogP contribution in [0.4, 0.5) is 0 Å². The number of carboxylic acid groups (broad SMARTS) is 1. The Labute approximate surface area is 108 Å². The second kappa shape index (κ2) is 6.73. The van der Waals surface area contributed by atoms with Gasteiger partial charge in [0, 0.05) is 19.0 Å². The lowest BCUT2D eigenvalue weighted by Crippen LogP contribution is -2.47. The number of hydrogen-bond donors (Lipinski definition) is 3. The van der Waals surface area contributed by atoms with Crippen LogP contribution in [0.25, 0.3) is 0 Å². The minimum absolute atomic E-state index is 0.0147. The summed E-state index contributed by atoms with van der Waals surface area (Å²) in [7, 11) is 0. The Morgan fingerprint density at radius 2 is 2.00 bits per heavy atom. The highest BCUT2D eigenvalue weighted by molar-refractivity contribution is 5.83. The summed E-state index contributed by atoms with van der Waals surface area (Å²) >= 11 is 0. The van der Waals surface area contributed by atoms with Crippen molar-refractivity contribution in [2.75, 3.05) is 6.54 Å². The van der Waals surface area contributed by atoms with E-state index in [4.69, 9.17) is 10.8 Å². The fraction of sp³-hybridized carbons (Fsp3) is 0.846. The number of nitrogens with one attached hydrogen (secondary N) is 1. The molecule has 18 heavy (non-hydrogen) atoms. The van der Waals surface area contributed by atoms with Gasteiger partial charge in [0.2, 0.25) is 5.91 Å². The molecule has 1 rings (SSSR count). The van der Waals surface area contributed by atoms with Gasteiger partial charge in [-0.3, -0.25) is 9.59 Å². The van der Waals surface area contributed by atoms with Crippen LogP contribution < -0.4 is 11.1 Å². The zero-order valence-corrected chi connectivity index (χ0v) is 11.1. The molecule has 1 atom stereocenters. The maximum Gasteiger partial charge on any atom is 0.303 e. The minimum Gasteiger partial charge on any atom is -0.481 e. The van der Waals surface area contributed by atoms with E-state index >= 15 is 0 Å². The summed E-state index contributed by atoms with van der Waals surface area (Å²) in [6.45, 7) is 2.32. The van der Waals surface area contributed by atoms with Gasteiger partial charge in [0.15, 0.2) is 0 Å². The van der Waals surface area contributed by atoms with Gasteiger partial charge in [-0.1, -0.05) is 12.8 Å². The van der Waals surface area contributed by atoms with Crippen molar-refractivity contribution in [3.05, 3.63) is 0 Å². The molecule has 0 spiro atoms. The summed E-state index contributed by atoms with van der Waals surface area (Å²) in [5, 5.41) is 11.5. The van der Waals surface area contributed by atoms with Crippen molar-refractivity contribution in [3.63, 3.8) is 0 Å². The van der Waals surface area contributed by atoms with Crippen molar-refractivity contribution in [1.29, 1.82) is 0 Å². The Hall–Kier alpha value is -1.10. The molecular weight excluding hydrogens is 232 g/mol. The van der Waals surface area contributed by atoms with Crippen LogP contribution in [0.5, 0.6) is 0 Å². The van der Waals surface area contributed by atoms with E-state index in [2.05, 4.69) is 5.32 Å². The molecule has 1 aliphatic carbocycles. The molecule has 1 aliphatic rings. The maximum absolute atomic E-state index is 12.2. The number of nitrogens with two attached hydrogens (primary N) is 1. The van der Waals surface area contributed by atoms with Gasteiger partial charge in [-0.2, -0.15) is 0 Å². The molecule has 0 aromatic heterocycles. The van der Waals surface area contributed by atoms with E-state index in [-0.39, 0.29) is 23.8 Å². The number of aliphatic carboxylic acids is 1. The first-order valence-corrected chi connectivity index (χ1v) is 6.73. The van der Waals surface area contributed by atoms with Crippen LogP contribution in [0.3, 0.4) is 0 Å². The van der Waals surface area contributed by atoms with Crippen LogP contribution in [0, 0.1) is 5.41 Å². The molecule has 1 unspecified atom stereocenters. The topological polar surface area (TPSA) is 92.4 Å². The van der Waals surface area contributed by atoms with Gasteiger partial charge >= 0.3 is 5.97 Å². The number of carbonyl (C=O) groups excluding carboxylic acids is 1. The predicted octanol–water partition coefficient (Wildman–Crippen LogP) is 1.27. The summed E-state index contributed by atoms with van der Waals surface area (Å²) < 4.78 is 0. The number of carboxylic acids is 1. The molecule has 0 aliphatic heterocycles. The van der Waals surface area contributed by atoms with Crippen molar-refractivity contribution in [3.8, 4) is 0 Å². The van der Waals surface area contributed by atoms with E-state index in [1.165, 1.54) is 0 Å². The second-order valence-corrected chi connectivity index (χ2v) is 5.35. The number of carbonyl (C=O) groups is 2. The molecule has 0 aromatic carbocycles. The summed E-state index contributed by atoms with van der Waals surface area (Å²) in [5.41, 5.74) is 5.37. The van der Waals surface area contributed by atoms with Crippen LogP contribution in [0.15, 0.2) is 0 Å². The highest BCUT2D eigenvalue weighted by atomic mass is 16.4. The summed E-state index contributed by atoms with van der Waals surface area (Å²) in [6.07, 6.45) is 5.32. The minimum atomic E-state index is -0.789. The Kier molecular flexibility index (Phi) is 5.59. The number of hydrogen-bond acceptors (Lipinski definition) is 3. The van der Waals surface area contributed by atoms with E-state index in [1.54, 1.807) is 0 Å². The van der Waals surface area contributed by atoms with E-state index < -0.39 is 5.97 Å². The van der Waals surface area contributed by atoms with Gasteiger partial charge in [0.1, 0.15) is 0 Å². The fourth-order valence-corrected chi connectivity index (χ4v) is 2.58. The maximum atomic E-state index is 12.2. The zero-order valence-electron chi connectivity index (χ0n) is 11.1. The van der Waals surface area contributed by atoms with Crippen LogP contribution in [0.1, 0.15) is 51.9 Å². The fourth-order valence-electron chi connectivity index (χ4n) is 2.58. The third-order valence-corrected chi connectivity index (χ3v) is 3.84. The first-order chi connectivity index (χ1) is 8.50. The molecule has 1 fully saturated rings. The molecule has 0 heterocycles. The van der Waals surface area contributed by atoms with E-state index in [0.29, 0.717) is 19.4 Å². The molecule has 5 nitrogen and oxygen atoms in total. The van der Waals surface area contributed by atoms with E-state index in [1.807, 2.05) is 6.92 Å². The lowest BCUT2D eigenvalue weighted by atomic mass is 9.85.